The molecule has 1 aliphatic rings. The van der Waals surface area contributed by atoms with E-state index in [9.17, 15) is 18.0 Å². The van der Waals surface area contributed by atoms with Crippen molar-refractivity contribution in [2.75, 3.05) is 22.3 Å². The van der Waals surface area contributed by atoms with Crippen LogP contribution in [-0.4, -0.2) is 33.3 Å². The number of hydrogen-bond donors (Lipinski definition) is 1. The van der Waals surface area contributed by atoms with Crippen LogP contribution < -0.4 is 14.5 Å². The highest BCUT2D eigenvalue weighted by Crippen LogP contribution is 2.26. The van der Waals surface area contributed by atoms with Gasteiger partial charge in [-0.2, -0.15) is 0 Å². The number of sulfonamides is 1. The van der Waals surface area contributed by atoms with Crippen molar-refractivity contribution in [1.82, 2.24) is 5.32 Å². The topological polar surface area (TPSA) is 86.8 Å². The van der Waals surface area contributed by atoms with Crippen molar-refractivity contribution in [3.05, 3.63) is 88.9 Å². The monoisotopic (exact) mass is 511 g/mol. The lowest BCUT2D eigenvalue weighted by Crippen LogP contribution is -2.40. The molecule has 0 aliphatic carbocycles. The molecule has 0 bridgehead atoms. The maximum atomic E-state index is 13.4. The zero-order valence-corrected chi connectivity index (χ0v) is 20.8. The standard InChI is InChI=1S/C26H26ClN3O4S/c1-19-7-13-24(14-8-19)35(33,34)30(22-11-9-21(27)10-12-22)18-25(31)28-17-20-4-2-5-23(16-20)29-15-3-6-26(29)32/h2,4-5,7-14,16H,3,6,15,17-18H2,1H3,(H,28,31). The molecular weight excluding hydrogens is 486 g/mol. The van der Waals surface area contributed by atoms with Crippen molar-refractivity contribution in [2.45, 2.75) is 31.2 Å². The van der Waals surface area contributed by atoms with Gasteiger partial charge in [0.15, 0.2) is 0 Å². The van der Waals surface area contributed by atoms with Crippen molar-refractivity contribution < 1.29 is 18.0 Å². The molecule has 0 unspecified atom stereocenters. The predicted molar refractivity (Wildman–Crippen MR) is 137 cm³/mol. The van der Waals surface area contributed by atoms with Gasteiger partial charge in [-0.3, -0.25) is 13.9 Å². The number of carbonyl (C=O) groups excluding carboxylic acids is 2. The highest BCUT2D eigenvalue weighted by Gasteiger charge is 2.27. The fourth-order valence-corrected chi connectivity index (χ4v) is 5.45. The van der Waals surface area contributed by atoms with Crippen LogP contribution in [0.15, 0.2) is 77.7 Å². The molecule has 2 amide bonds. The second-order valence-corrected chi connectivity index (χ2v) is 10.7. The van der Waals surface area contributed by atoms with E-state index >= 15 is 0 Å². The normalized spacial score (nSPS) is 13.7. The van der Waals surface area contributed by atoms with Crippen LogP contribution in [-0.2, 0) is 26.2 Å². The number of amides is 2. The molecular formula is C26H26ClN3O4S. The van der Waals surface area contributed by atoms with E-state index in [0.717, 1.165) is 27.5 Å². The number of hydrogen-bond acceptors (Lipinski definition) is 4. The van der Waals surface area contributed by atoms with Crippen LogP contribution in [0.1, 0.15) is 24.0 Å². The molecule has 7 nitrogen and oxygen atoms in total. The third kappa shape index (κ3) is 5.83. The number of anilines is 2. The molecule has 4 rings (SSSR count). The van der Waals surface area contributed by atoms with E-state index in [1.807, 2.05) is 31.2 Å². The lowest BCUT2D eigenvalue weighted by molar-refractivity contribution is -0.120. The van der Waals surface area contributed by atoms with Crippen molar-refractivity contribution in [2.24, 2.45) is 0 Å². The molecule has 0 aromatic heterocycles. The number of rotatable bonds is 8. The average molecular weight is 512 g/mol. The lowest BCUT2D eigenvalue weighted by atomic mass is 10.2. The molecule has 1 saturated heterocycles. The fourth-order valence-electron chi connectivity index (χ4n) is 3.90. The van der Waals surface area contributed by atoms with E-state index in [1.165, 1.54) is 12.1 Å². The Labute approximate surface area is 210 Å². The number of nitrogens with zero attached hydrogens (tertiary/aromatic N) is 2. The molecule has 1 heterocycles. The second kappa shape index (κ2) is 10.5. The van der Waals surface area contributed by atoms with E-state index in [-0.39, 0.29) is 17.3 Å². The van der Waals surface area contributed by atoms with E-state index < -0.39 is 22.5 Å². The van der Waals surface area contributed by atoms with Crippen LogP contribution in [0.5, 0.6) is 0 Å². The molecule has 1 fully saturated rings. The van der Waals surface area contributed by atoms with Crippen molar-refractivity contribution in [3.63, 3.8) is 0 Å². The van der Waals surface area contributed by atoms with Gasteiger partial charge < -0.3 is 10.2 Å². The third-order valence-electron chi connectivity index (χ3n) is 5.80. The van der Waals surface area contributed by atoms with Gasteiger partial charge in [-0.05, 0) is 67.4 Å². The minimum atomic E-state index is -4.00. The fraction of sp³-hybridized carbons (Fsp3) is 0.231. The minimum absolute atomic E-state index is 0.0890. The van der Waals surface area contributed by atoms with Gasteiger partial charge in [-0.15, -0.1) is 0 Å². The van der Waals surface area contributed by atoms with Gasteiger partial charge >= 0.3 is 0 Å². The maximum absolute atomic E-state index is 13.4. The van der Waals surface area contributed by atoms with Crippen LogP contribution in [0.2, 0.25) is 5.02 Å². The summed E-state index contributed by atoms with van der Waals surface area (Å²) in [6, 6.07) is 20.2. The molecule has 0 spiro atoms. The zero-order valence-electron chi connectivity index (χ0n) is 19.3. The quantitative estimate of drug-likeness (QED) is 0.489. The van der Waals surface area contributed by atoms with Gasteiger partial charge in [0.05, 0.1) is 10.6 Å². The largest absolute Gasteiger partial charge is 0.350 e. The summed E-state index contributed by atoms with van der Waals surface area (Å²) in [6.07, 6.45) is 1.37. The van der Waals surface area contributed by atoms with Crippen LogP contribution in [0.4, 0.5) is 11.4 Å². The minimum Gasteiger partial charge on any atom is -0.350 e. The molecule has 1 aliphatic heterocycles. The lowest BCUT2D eigenvalue weighted by Gasteiger charge is -2.24. The molecule has 9 heteroatoms. The molecule has 35 heavy (non-hydrogen) atoms. The van der Waals surface area contributed by atoms with E-state index in [0.29, 0.717) is 23.7 Å². The zero-order chi connectivity index (χ0) is 25.0. The van der Waals surface area contributed by atoms with Crippen molar-refractivity contribution in [3.8, 4) is 0 Å². The number of nitrogens with one attached hydrogen (secondary N) is 1. The van der Waals surface area contributed by atoms with E-state index in [1.54, 1.807) is 41.3 Å². The van der Waals surface area contributed by atoms with Crippen LogP contribution >= 0.6 is 11.6 Å². The summed E-state index contributed by atoms with van der Waals surface area (Å²) >= 11 is 5.99. The first-order chi connectivity index (χ1) is 16.7. The predicted octanol–water partition coefficient (Wildman–Crippen LogP) is 4.29. The number of benzene rings is 3. The summed E-state index contributed by atoms with van der Waals surface area (Å²) in [6.45, 7) is 2.35. The molecule has 0 saturated carbocycles. The van der Waals surface area contributed by atoms with E-state index in [2.05, 4.69) is 5.32 Å². The SMILES string of the molecule is Cc1ccc(S(=O)(=O)N(CC(=O)NCc2cccc(N3CCCC3=O)c2)c2ccc(Cl)cc2)cc1. The molecule has 0 radical (unpaired) electrons. The Morgan fingerprint density at radius 2 is 1.77 bits per heavy atom. The van der Waals surface area contributed by atoms with Gasteiger partial charge in [0.1, 0.15) is 6.54 Å². The van der Waals surface area contributed by atoms with Gasteiger partial charge in [-0.1, -0.05) is 41.4 Å². The maximum Gasteiger partial charge on any atom is 0.264 e. The van der Waals surface area contributed by atoms with Crippen molar-refractivity contribution >= 4 is 44.8 Å². The Morgan fingerprint density at radius 3 is 2.43 bits per heavy atom. The Bertz CT molecular complexity index is 1330. The Kier molecular flexibility index (Phi) is 7.42. The van der Waals surface area contributed by atoms with Gasteiger partial charge in [-0.25, -0.2) is 8.42 Å². The van der Waals surface area contributed by atoms with Gasteiger partial charge in [0.25, 0.3) is 10.0 Å². The Morgan fingerprint density at radius 1 is 1.06 bits per heavy atom. The first-order valence-electron chi connectivity index (χ1n) is 11.2. The summed E-state index contributed by atoms with van der Waals surface area (Å²) in [5.41, 5.74) is 2.87. The summed E-state index contributed by atoms with van der Waals surface area (Å²) in [4.78, 5) is 26.8. The van der Waals surface area contributed by atoms with Crippen molar-refractivity contribution in [1.29, 1.82) is 0 Å². The average Bonchev–Trinajstić information content (AvgIpc) is 3.28. The molecule has 3 aromatic carbocycles. The first-order valence-corrected chi connectivity index (χ1v) is 13.1. The van der Waals surface area contributed by atoms with E-state index in [4.69, 9.17) is 11.6 Å². The summed E-state index contributed by atoms with van der Waals surface area (Å²) < 4.78 is 27.9. The number of aryl methyl sites for hydroxylation is 1. The highest BCUT2D eigenvalue weighted by molar-refractivity contribution is 7.92. The first kappa shape index (κ1) is 24.8. The Balaban J connectivity index is 1.51. The smallest absolute Gasteiger partial charge is 0.264 e. The molecule has 0 atom stereocenters. The summed E-state index contributed by atoms with van der Waals surface area (Å²) in [5.74, 6) is -0.371. The molecule has 182 valence electrons. The van der Waals surface area contributed by atoms with Crippen LogP contribution in [0.3, 0.4) is 0 Å². The third-order valence-corrected chi connectivity index (χ3v) is 7.84. The number of halogens is 1. The van der Waals surface area contributed by atoms with Crippen LogP contribution in [0.25, 0.3) is 0 Å². The molecule has 3 aromatic rings. The Hall–Kier alpha value is -3.36. The summed E-state index contributed by atoms with van der Waals surface area (Å²) in [7, 11) is -4.00. The van der Waals surface area contributed by atoms with Gasteiger partial charge in [0.2, 0.25) is 11.8 Å². The number of carbonyl (C=O) groups is 2. The second-order valence-electron chi connectivity index (χ2n) is 8.40. The van der Waals surface area contributed by atoms with Crippen LogP contribution in [0, 0.1) is 6.92 Å². The highest BCUT2D eigenvalue weighted by atomic mass is 35.5. The summed E-state index contributed by atoms with van der Waals surface area (Å²) in [5, 5.41) is 3.26. The molecule has 1 N–H and O–H groups in total. The van der Waals surface area contributed by atoms with Gasteiger partial charge in [0, 0.05) is 30.2 Å².